The van der Waals surface area contributed by atoms with Crippen molar-refractivity contribution in [2.24, 2.45) is 0 Å². The first kappa shape index (κ1) is 14.0. The molecule has 0 spiro atoms. The topological polar surface area (TPSA) is 70.3 Å². The van der Waals surface area contributed by atoms with E-state index in [0.717, 1.165) is 6.42 Å². The smallest absolute Gasteiger partial charge is 0.257 e. The minimum absolute atomic E-state index is 0.0737. The van der Waals surface area contributed by atoms with E-state index in [1.54, 1.807) is 0 Å². The van der Waals surface area contributed by atoms with Crippen LogP contribution in [0.1, 0.15) is 6.42 Å². The van der Waals surface area contributed by atoms with Gasteiger partial charge in [-0.15, -0.1) is 10.2 Å². The van der Waals surface area contributed by atoms with E-state index in [4.69, 9.17) is 26.8 Å². The quantitative estimate of drug-likeness (QED) is 0.944. The minimum atomic E-state index is -0.439. The van der Waals surface area contributed by atoms with Crippen molar-refractivity contribution >= 4 is 17.3 Å². The fourth-order valence-electron chi connectivity index (χ4n) is 2.08. The molecule has 1 aliphatic heterocycles. The predicted molar refractivity (Wildman–Crippen MR) is 76.7 cm³/mol. The average molecular weight is 310 g/mol. The summed E-state index contributed by atoms with van der Waals surface area (Å²) in [5.74, 6) is -0.206. The highest BCUT2D eigenvalue weighted by Gasteiger charge is 2.20. The van der Waals surface area contributed by atoms with Gasteiger partial charge in [-0.25, -0.2) is 4.39 Å². The number of aromatic nitrogens is 2. The zero-order chi connectivity index (χ0) is 14.8. The highest BCUT2D eigenvalue weighted by atomic mass is 35.5. The first-order valence-corrected chi connectivity index (χ1v) is 6.84. The summed E-state index contributed by atoms with van der Waals surface area (Å²) in [6.45, 7) is 1.16. The van der Waals surface area contributed by atoms with Crippen molar-refractivity contribution < 1.29 is 13.9 Å². The van der Waals surface area contributed by atoms with E-state index in [2.05, 4.69) is 10.2 Å². The molecule has 110 valence electrons. The number of benzene rings is 1. The number of nitrogens with zero attached hydrogens (tertiary/aromatic N) is 2. The Morgan fingerprint density at radius 1 is 1.33 bits per heavy atom. The third-order valence-corrected chi connectivity index (χ3v) is 3.39. The summed E-state index contributed by atoms with van der Waals surface area (Å²) in [4.78, 5) is 0. The number of ether oxygens (including phenoxy) is 2. The molecule has 3 rings (SSSR count). The second-order valence-electron chi connectivity index (χ2n) is 4.72. The molecule has 2 aromatic rings. The second kappa shape index (κ2) is 5.83. The summed E-state index contributed by atoms with van der Waals surface area (Å²) in [5.41, 5.74) is 6.75. The van der Waals surface area contributed by atoms with Crippen LogP contribution in [0.15, 0.2) is 24.3 Å². The summed E-state index contributed by atoms with van der Waals surface area (Å²) < 4.78 is 24.6. The van der Waals surface area contributed by atoms with Gasteiger partial charge >= 0.3 is 0 Å². The molecule has 0 amide bonds. The van der Waals surface area contributed by atoms with Crippen molar-refractivity contribution in [1.29, 1.82) is 0 Å². The van der Waals surface area contributed by atoms with Gasteiger partial charge in [-0.3, -0.25) is 0 Å². The van der Waals surface area contributed by atoms with Gasteiger partial charge in [-0.1, -0.05) is 11.6 Å². The number of hydrogen-bond acceptors (Lipinski definition) is 5. The Hall–Kier alpha value is -1.92. The Labute approximate surface area is 125 Å². The summed E-state index contributed by atoms with van der Waals surface area (Å²) >= 11 is 5.87. The van der Waals surface area contributed by atoms with Crippen LogP contribution in [0.4, 0.5) is 10.1 Å². The molecule has 0 radical (unpaired) electrons. The fourth-order valence-corrected chi connectivity index (χ4v) is 2.25. The van der Waals surface area contributed by atoms with E-state index in [9.17, 15) is 4.39 Å². The molecule has 5 nitrogen and oxygen atoms in total. The monoisotopic (exact) mass is 309 g/mol. The molecule has 21 heavy (non-hydrogen) atoms. The summed E-state index contributed by atoms with van der Waals surface area (Å²) in [5, 5.41) is 8.30. The standard InChI is InChI=1S/C14H13ClFN3O2/c15-8-1-2-11(16)10(5-8)13-6-12(17)14(19-18-13)21-9-3-4-20-7-9/h1-2,5-6,9H,3-4,7H2,(H2,17,18). The Kier molecular flexibility index (Phi) is 3.90. The molecule has 2 N–H and O–H groups in total. The van der Waals surface area contributed by atoms with Crippen LogP contribution >= 0.6 is 11.6 Å². The molecule has 7 heteroatoms. The van der Waals surface area contributed by atoms with Crippen LogP contribution in [0, 0.1) is 5.82 Å². The summed E-state index contributed by atoms with van der Waals surface area (Å²) in [6.07, 6.45) is 0.710. The fraction of sp³-hybridized carbons (Fsp3) is 0.286. The minimum Gasteiger partial charge on any atom is -0.469 e. The lowest BCUT2D eigenvalue weighted by Crippen LogP contribution is -2.17. The van der Waals surface area contributed by atoms with E-state index in [0.29, 0.717) is 29.6 Å². The molecule has 1 aromatic heterocycles. The van der Waals surface area contributed by atoms with Gasteiger partial charge in [-0.2, -0.15) is 0 Å². The molecule has 0 bridgehead atoms. The van der Waals surface area contributed by atoms with Gasteiger partial charge < -0.3 is 15.2 Å². The molecule has 1 atom stereocenters. The van der Waals surface area contributed by atoms with Crippen LogP contribution in [0.3, 0.4) is 0 Å². The Bertz CT molecular complexity index is 663. The maximum Gasteiger partial charge on any atom is 0.257 e. The molecular weight excluding hydrogens is 297 g/mol. The van der Waals surface area contributed by atoms with E-state index >= 15 is 0 Å². The number of hydrogen-bond donors (Lipinski definition) is 1. The molecule has 2 heterocycles. The zero-order valence-corrected chi connectivity index (χ0v) is 11.8. The largest absolute Gasteiger partial charge is 0.469 e. The molecular formula is C14H13ClFN3O2. The molecule has 0 saturated carbocycles. The molecule has 1 aliphatic rings. The van der Waals surface area contributed by atoms with Crippen LogP contribution in [-0.4, -0.2) is 29.5 Å². The Morgan fingerprint density at radius 2 is 2.19 bits per heavy atom. The van der Waals surface area contributed by atoms with Gasteiger partial charge in [0.1, 0.15) is 11.9 Å². The van der Waals surface area contributed by atoms with Crippen LogP contribution in [-0.2, 0) is 4.74 Å². The normalized spacial score (nSPS) is 17.9. The van der Waals surface area contributed by atoms with Crippen molar-refractivity contribution in [3.05, 3.63) is 35.1 Å². The number of halogens is 2. The van der Waals surface area contributed by atoms with E-state index in [1.165, 1.54) is 24.3 Å². The first-order valence-electron chi connectivity index (χ1n) is 6.46. The first-order chi connectivity index (χ1) is 10.1. The van der Waals surface area contributed by atoms with Crippen molar-refractivity contribution in [3.63, 3.8) is 0 Å². The molecule has 1 unspecified atom stereocenters. The van der Waals surface area contributed by atoms with Crippen molar-refractivity contribution in [1.82, 2.24) is 10.2 Å². The predicted octanol–water partition coefficient (Wildman–Crippen LogP) is 2.69. The molecule has 1 fully saturated rings. The van der Waals surface area contributed by atoms with Gasteiger partial charge in [0.15, 0.2) is 0 Å². The SMILES string of the molecule is Nc1cc(-c2cc(Cl)ccc2F)nnc1OC1CCOC1. The second-order valence-corrected chi connectivity index (χ2v) is 5.15. The highest BCUT2D eigenvalue weighted by molar-refractivity contribution is 6.30. The highest BCUT2D eigenvalue weighted by Crippen LogP contribution is 2.28. The maximum absolute atomic E-state index is 13.8. The van der Waals surface area contributed by atoms with Gasteiger partial charge in [0.05, 0.1) is 24.6 Å². The molecule has 1 saturated heterocycles. The van der Waals surface area contributed by atoms with Crippen molar-refractivity contribution in [2.45, 2.75) is 12.5 Å². The van der Waals surface area contributed by atoms with Gasteiger partial charge in [0.2, 0.25) is 0 Å². The van der Waals surface area contributed by atoms with Crippen LogP contribution in [0.2, 0.25) is 5.02 Å². The van der Waals surface area contributed by atoms with Gasteiger partial charge in [0, 0.05) is 17.0 Å². The van der Waals surface area contributed by atoms with Crippen molar-refractivity contribution in [2.75, 3.05) is 18.9 Å². The van der Waals surface area contributed by atoms with E-state index in [1.807, 2.05) is 0 Å². The molecule has 0 aliphatic carbocycles. The Morgan fingerprint density at radius 3 is 2.90 bits per heavy atom. The van der Waals surface area contributed by atoms with Crippen molar-refractivity contribution in [3.8, 4) is 17.1 Å². The zero-order valence-electron chi connectivity index (χ0n) is 11.1. The van der Waals surface area contributed by atoms with Crippen LogP contribution in [0.25, 0.3) is 11.3 Å². The lowest BCUT2D eigenvalue weighted by atomic mass is 10.1. The lowest BCUT2D eigenvalue weighted by Gasteiger charge is -2.12. The van der Waals surface area contributed by atoms with E-state index in [-0.39, 0.29) is 17.5 Å². The maximum atomic E-state index is 13.8. The third-order valence-electron chi connectivity index (χ3n) is 3.16. The van der Waals surface area contributed by atoms with Gasteiger partial charge in [-0.05, 0) is 24.3 Å². The van der Waals surface area contributed by atoms with E-state index < -0.39 is 5.82 Å². The summed E-state index contributed by atoms with van der Waals surface area (Å²) in [7, 11) is 0. The molecule has 1 aromatic carbocycles. The summed E-state index contributed by atoms with van der Waals surface area (Å²) in [6, 6.07) is 5.74. The number of rotatable bonds is 3. The van der Waals surface area contributed by atoms with Gasteiger partial charge in [0.25, 0.3) is 5.88 Å². The number of nitrogen functional groups attached to an aromatic ring is 1. The van der Waals surface area contributed by atoms with Crippen LogP contribution in [0.5, 0.6) is 5.88 Å². The number of nitrogens with two attached hydrogens (primary N) is 1. The number of anilines is 1. The third kappa shape index (κ3) is 3.06. The Balaban J connectivity index is 1.88. The average Bonchev–Trinajstić information content (AvgIpc) is 2.97. The lowest BCUT2D eigenvalue weighted by molar-refractivity contribution is 0.138. The van der Waals surface area contributed by atoms with Crippen LogP contribution < -0.4 is 10.5 Å².